The maximum absolute atomic E-state index is 13.7. The summed E-state index contributed by atoms with van der Waals surface area (Å²) in [7, 11) is 0. The molecular weight excluding hydrogens is 248 g/mol. The first kappa shape index (κ1) is 14.4. The molecule has 0 aromatic heterocycles. The van der Waals surface area contributed by atoms with Gasteiger partial charge in [-0.1, -0.05) is 12.1 Å². The van der Waals surface area contributed by atoms with E-state index in [2.05, 4.69) is 5.32 Å². The van der Waals surface area contributed by atoms with Gasteiger partial charge in [0.2, 0.25) is 0 Å². The van der Waals surface area contributed by atoms with E-state index in [1.807, 2.05) is 20.8 Å². The SMILES string of the molecule is CC(NC1CCOC(C)(C)C1)c1cccc(F)c1F. The minimum absolute atomic E-state index is 0.157. The topological polar surface area (TPSA) is 21.3 Å². The highest BCUT2D eigenvalue weighted by atomic mass is 19.2. The summed E-state index contributed by atoms with van der Waals surface area (Å²) < 4.78 is 32.6. The maximum atomic E-state index is 13.7. The molecule has 0 aliphatic carbocycles. The van der Waals surface area contributed by atoms with E-state index in [0.29, 0.717) is 12.2 Å². The predicted molar refractivity (Wildman–Crippen MR) is 71.0 cm³/mol. The first-order valence-corrected chi connectivity index (χ1v) is 6.73. The minimum Gasteiger partial charge on any atom is -0.375 e. The van der Waals surface area contributed by atoms with Gasteiger partial charge in [0, 0.05) is 24.3 Å². The maximum Gasteiger partial charge on any atom is 0.163 e. The molecule has 1 aliphatic rings. The summed E-state index contributed by atoms with van der Waals surface area (Å²) in [4.78, 5) is 0. The molecule has 19 heavy (non-hydrogen) atoms. The second-order valence-electron chi connectivity index (χ2n) is 5.83. The van der Waals surface area contributed by atoms with Crippen molar-refractivity contribution in [3.8, 4) is 0 Å². The van der Waals surface area contributed by atoms with Gasteiger partial charge in [0.1, 0.15) is 0 Å². The Balaban J connectivity index is 2.04. The van der Waals surface area contributed by atoms with Gasteiger partial charge in [0.25, 0.3) is 0 Å². The van der Waals surface area contributed by atoms with Crippen molar-refractivity contribution in [2.75, 3.05) is 6.61 Å². The molecular formula is C15H21F2NO. The quantitative estimate of drug-likeness (QED) is 0.905. The smallest absolute Gasteiger partial charge is 0.163 e. The zero-order chi connectivity index (χ0) is 14.0. The second-order valence-corrected chi connectivity index (χ2v) is 5.83. The first-order chi connectivity index (χ1) is 8.89. The summed E-state index contributed by atoms with van der Waals surface area (Å²) in [5, 5.41) is 3.37. The predicted octanol–water partition coefficient (Wildman–Crippen LogP) is 3.57. The molecule has 2 rings (SSSR count). The Labute approximate surface area is 113 Å². The van der Waals surface area contributed by atoms with Gasteiger partial charge in [0.05, 0.1) is 5.60 Å². The Morgan fingerprint density at radius 2 is 2.11 bits per heavy atom. The third-order valence-corrected chi connectivity index (χ3v) is 3.63. The van der Waals surface area contributed by atoms with Crippen molar-refractivity contribution in [3.63, 3.8) is 0 Å². The van der Waals surface area contributed by atoms with Crippen LogP contribution in [-0.2, 0) is 4.74 Å². The summed E-state index contributed by atoms with van der Waals surface area (Å²) in [6, 6.07) is 4.36. The van der Waals surface area contributed by atoms with Gasteiger partial charge in [-0.2, -0.15) is 0 Å². The van der Waals surface area contributed by atoms with E-state index in [-0.39, 0.29) is 17.7 Å². The lowest BCUT2D eigenvalue weighted by molar-refractivity contribution is -0.0640. The Morgan fingerprint density at radius 1 is 1.37 bits per heavy atom. The molecule has 0 saturated carbocycles. The fourth-order valence-electron chi connectivity index (χ4n) is 2.67. The number of hydrogen-bond acceptors (Lipinski definition) is 2. The number of benzene rings is 1. The van der Waals surface area contributed by atoms with E-state index < -0.39 is 11.6 Å². The van der Waals surface area contributed by atoms with Gasteiger partial charge in [-0.25, -0.2) is 8.78 Å². The molecule has 1 fully saturated rings. The summed E-state index contributed by atoms with van der Waals surface area (Å²) in [5.74, 6) is -1.55. The molecule has 4 heteroatoms. The molecule has 1 aromatic rings. The van der Waals surface area contributed by atoms with Crippen LogP contribution in [0, 0.1) is 11.6 Å². The van der Waals surface area contributed by atoms with Gasteiger partial charge in [-0.15, -0.1) is 0 Å². The van der Waals surface area contributed by atoms with Gasteiger partial charge >= 0.3 is 0 Å². The molecule has 1 saturated heterocycles. The first-order valence-electron chi connectivity index (χ1n) is 6.73. The monoisotopic (exact) mass is 269 g/mol. The Hall–Kier alpha value is -1.00. The van der Waals surface area contributed by atoms with Crippen LogP contribution in [0.4, 0.5) is 8.78 Å². The fourth-order valence-corrected chi connectivity index (χ4v) is 2.67. The number of rotatable bonds is 3. The largest absolute Gasteiger partial charge is 0.375 e. The summed E-state index contributed by atoms with van der Waals surface area (Å²) in [6.07, 6.45) is 1.76. The van der Waals surface area contributed by atoms with Gasteiger partial charge in [0.15, 0.2) is 11.6 Å². The van der Waals surface area contributed by atoms with Crippen molar-refractivity contribution in [3.05, 3.63) is 35.4 Å². The number of hydrogen-bond donors (Lipinski definition) is 1. The molecule has 2 nitrogen and oxygen atoms in total. The minimum atomic E-state index is -0.793. The van der Waals surface area contributed by atoms with Crippen LogP contribution in [0.3, 0.4) is 0 Å². The van der Waals surface area contributed by atoms with Crippen molar-refractivity contribution < 1.29 is 13.5 Å². The molecule has 0 bridgehead atoms. The lowest BCUT2D eigenvalue weighted by Gasteiger charge is -2.37. The third kappa shape index (κ3) is 3.51. The Morgan fingerprint density at radius 3 is 2.79 bits per heavy atom. The van der Waals surface area contributed by atoms with Crippen LogP contribution in [0.5, 0.6) is 0 Å². The van der Waals surface area contributed by atoms with Crippen LogP contribution in [0.15, 0.2) is 18.2 Å². The molecule has 0 amide bonds. The zero-order valence-corrected chi connectivity index (χ0v) is 11.7. The molecule has 106 valence electrons. The van der Waals surface area contributed by atoms with Crippen LogP contribution >= 0.6 is 0 Å². The lowest BCUT2D eigenvalue weighted by atomic mass is 9.93. The van der Waals surface area contributed by atoms with Crippen molar-refractivity contribution in [2.45, 2.75) is 51.3 Å². The third-order valence-electron chi connectivity index (χ3n) is 3.63. The summed E-state index contributed by atoms with van der Waals surface area (Å²) in [5.41, 5.74) is 0.222. The van der Waals surface area contributed by atoms with Crippen molar-refractivity contribution >= 4 is 0 Å². The van der Waals surface area contributed by atoms with Crippen LogP contribution < -0.4 is 5.32 Å². The van der Waals surface area contributed by atoms with Crippen LogP contribution in [0.2, 0.25) is 0 Å². The zero-order valence-electron chi connectivity index (χ0n) is 11.7. The summed E-state index contributed by atoms with van der Waals surface area (Å²) >= 11 is 0. The highest BCUT2D eigenvalue weighted by Gasteiger charge is 2.30. The number of halogens is 2. The summed E-state index contributed by atoms with van der Waals surface area (Å²) in [6.45, 7) is 6.66. The van der Waals surface area contributed by atoms with Gasteiger partial charge in [-0.05, 0) is 39.7 Å². The van der Waals surface area contributed by atoms with Crippen molar-refractivity contribution in [1.82, 2.24) is 5.32 Å². The van der Waals surface area contributed by atoms with Crippen LogP contribution in [0.25, 0.3) is 0 Å². The van der Waals surface area contributed by atoms with E-state index in [9.17, 15) is 8.78 Å². The van der Waals surface area contributed by atoms with E-state index >= 15 is 0 Å². The van der Waals surface area contributed by atoms with E-state index in [1.165, 1.54) is 0 Å². The van der Waals surface area contributed by atoms with Crippen molar-refractivity contribution in [1.29, 1.82) is 0 Å². The van der Waals surface area contributed by atoms with E-state index in [4.69, 9.17) is 4.74 Å². The van der Waals surface area contributed by atoms with Crippen LogP contribution in [-0.4, -0.2) is 18.2 Å². The average Bonchev–Trinajstić information content (AvgIpc) is 2.31. The lowest BCUT2D eigenvalue weighted by Crippen LogP contribution is -2.44. The van der Waals surface area contributed by atoms with Crippen LogP contribution in [0.1, 0.15) is 45.2 Å². The van der Waals surface area contributed by atoms with Gasteiger partial charge in [-0.3, -0.25) is 0 Å². The molecule has 1 N–H and O–H groups in total. The van der Waals surface area contributed by atoms with Crippen molar-refractivity contribution in [2.24, 2.45) is 0 Å². The average molecular weight is 269 g/mol. The molecule has 0 radical (unpaired) electrons. The molecule has 1 heterocycles. The second kappa shape index (κ2) is 5.55. The Kier molecular flexibility index (Phi) is 4.21. The normalized spacial score (nSPS) is 24.2. The molecule has 1 aromatic carbocycles. The molecule has 1 aliphatic heterocycles. The molecule has 2 unspecified atom stereocenters. The highest BCUT2D eigenvalue weighted by molar-refractivity contribution is 5.22. The number of ether oxygens (including phenoxy) is 1. The molecule has 2 atom stereocenters. The standard InChI is InChI=1S/C15H21F2NO/c1-10(12-5-4-6-13(16)14(12)17)18-11-7-8-19-15(2,3)9-11/h4-6,10-11,18H,7-9H2,1-3H3. The number of nitrogens with one attached hydrogen (secondary N) is 1. The Bertz CT molecular complexity index is 448. The highest BCUT2D eigenvalue weighted by Crippen LogP contribution is 2.27. The van der Waals surface area contributed by atoms with Gasteiger partial charge < -0.3 is 10.1 Å². The van der Waals surface area contributed by atoms with E-state index in [0.717, 1.165) is 18.9 Å². The van der Waals surface area contributed by atoms with E-state index in [1.54, 1.807) is 12.1 Å². The fraction of sp³-hybridized carbons (Fsp3) is 0.600. The molecule has 0 spiro atoms.